The predicted molar refractivity (Wildman–Crippen MR) is 90.1 cm³/mol. The highest BCUT2D eigenvalue weighted by Crippen LogP contribution is 2.29. The molecule has 6 nitrogen and oxygen atoms in total. The van der Waals surface area contributed by atoms with Crippen LogP contribution >= 0.6 is 0 Å². The van der Waals surface area contributed by atoms with Crippen LogP contribution in [-0.4, -0.2) is 18.3 Å². The minimum absolute atomic E-state index is 0.153. The third-order valence-corrected chi connectivity index (χ3v) is 3.68. The zero-order chi connectivity index (χ0) is 16.2. The van der Waals surface area contributed by atoms with Crippen molar-refractivity contribution in [2.24, 2.45) is 0 Å². The fourth-order valence-electron chi connectivity index (χ4n) is 2.38. The molecule has 0 bridgehead atoms. The van der Waals surface area contributed by atoms with Crippen LogP contribution in [0.25, 0.3) is 0 Å². The molecule has 1 aliphatic carbocycles. The second kappa shape index (κ2) is 6.39. The van der Waals surface area contributed by atoms with Gasteiger partial charge in [0.2, 0.25) is 0 Å². The maximum Gasteiger partial charge on any atom is 0.299 e. The number of methoxy groups -OCH3 is 1. The van der Waals surface area contributed by atoms with Crippen molar-refractivity contribution < 1.29 is 9.15 Å². The monoisotopic (exact) mass is 310 g/mol. The number of rotatable bonds is 5. The van der Waals surface area contributed by atoms with Crippen molar-refractivity contribution in [2.45, 2.75) is 12.3 Å². The van der Waals surface area contributed by atoms with Gasteiger partial charge in [-0.2, -0.15) is 0 Å². The molecule has 1 aromatic heterocycles. The lowest BCUT2D eigenvalue weighted by molar-refractivity contribution is 0.302. The Kier molecular flexibility index (Phi) is 4.14. The molecule has 1 aromatic carbocycles. The lowest BCUT2D eigenvalue weighted by atomic mass is 9.98. The molecule has 1 unspecified atom stereocenters. The minimum Gasteiger partial charge on any atom is -0.497 e. The van der Waals surface area contributed by atoms with Crippen LogP contribution in [0.1, 0.15) is 23.7 Å². The molecule has 0 saturated carbocycles. The number of anilines is 3. The van der Waals surface area contributed by atoms with Gasteiger partial charge in [0.25, 0.3) is 6.01 Å². The summed E-state index contributed by atoms with van der Waals surface area (Å²) in [5, 5.41) is 10.4. The summed E-state index contributed by atoms with van der Waals surface area (Å²) in [6.45, 7) is 0. The number of nitrogens with zero attached hydrogens (tertiary/aromatic N) is 1. The molecule has 0 aliphatic heterocycles. The van der Waals surface area contributed by atoms with E-state index in [1.807, 2.05) is 24.3 Å². The SMILES string of the molecule is COC1=CCC(c2cnc(Nc3ccc(N)c(C=N)c3)o2)C=C1. The highest BCUT2D eigenvalue weighted by Gasteiger charge is 2.16. The fourth-order valence-corrected chi connectivity index (χ4v) is 2.38. The van der Waals surface area contributed by atoms with Crippen molar-refractivity contribution in [2.75, 3.05) is 18.2 Å². The first kappa shape index (κ1) is 14.9. The zero-order valence-corrected chi connectivity index (χ0v) is 12.7. The quantitative estimate of drug-likeness (QED) is 0.579. The molecule has 0 fully saturated rings. The van der Waals surface area contributed by atoms with Crippen LogP contribution in [0.4, 0.5) is 17.4 Å². The van der Waals surface area contributed by atoms with E-state index < -0.39 is 0 Å². The molecule has 2 aromatic rings. The van der Waals surface area contributed by atoms with Crippen LogP contribution in [-0.2, 0) is 4.74 Å². The van der Waals surface area contributed by atoms with Gasteiger partial charge in [-0.25, -0.2) is 4.98 Å². The van der Waals surface area contributed by atoms with Crippen molar-refractivity contribution in [1.29, 1.82) is 5.41 Å². The summed E-state index contributed by atoms with van der Waals surface area (Å²) < 4.78 is 10.9. The summed E-state index contributed by atoms with van der Waals surface area (Å²) in [6.07, 6.45) is 9.75. The molecule has 4 N–H and O–H groups in total. The summed E-state index contributed by atoms with van der Waals surface area (Å²) in [5.74, 6) is 1.80. The third-order valence-electron chi connectivity index (χ3n) is 3.68. The van der Waals surface area contributed by atoms with Crippen molar-refractivity contribution in [1.82, 2.24) is 4.98 Å². The Hall–Kier alpha value is -3.02. The number of ether oxygens (including phenoxy) is 1. The number of hydrogen-bond acceptors (Lipinski definition) is 6. The van der Waals surface area contributed by atoms with Gasteiger partial charge in [-0.3, -0.25) is 0 Å². The molecule has 1 heterocycles. The second-order valence-corrected chi connectivity index (χ2v) is 5.19. The van der Waals surface area contributed by atoms with Crippen LogP contribution in [0.3, 0.4) is 0 Å². The van der Waals surface area contributed by atoms with Crippen LogP contribution in [0.15, 0.2) is 52.8 Å². The summed E-state index contributed by atoms with van der Waals surface area (Å²) in [4.78, 5) is 4.25. The van der Waals surface area contributed by atoms with E-state index in [0.29, 0.717) is 17.3 Å². The molecular weight excluding hydrogens is 292 g/mol. The number of hydrogen-bond donors (Lipinski definition) is 3. The van der Waals surface area contributed by atoms with E-state index in [1.54, 1.807) is 25.4 Å². The second-order valence-electron chi connectivity index (χ2n) is 5.19. The van der Waals surface area contributed by atoms with Crippen LogP contribution in [0.2, 0.25) is 0 Å². The molecule has 6 heteroatoms. The van der Waals surface area contributed by atoms with Gasteiger partial charge in [0.05, 0.1) is 13.3 Å². The Morgan fingerprint density at radius 2 is 2.35 bits per heavy atom. The summed E-state index contributed by atoms with van der Waals surface area (Å²) in [6, 6.07) is 5.75. The molecule has 0 amide bonds. The molecule has 0 spiro atoms. The maximum absolute atomic E-state index is 7.34. The molecule has 1 aliphatic rings. The first-order valence-electron chi connectivity index (χ1n) is 7.24. The Balaban J connectivity index is 1.72. The van der Waals surface area contributed by atoms with Gasteiger partial charge < -0.3 is 25.6 Å². The number of nitrogen functional groups attached to an aromatic ring is 1. The van der Waals surface area contributed by atoms with E-state index in [1.165, 1.54) is 6.21 Å². The number of aromatic nitrogens is 1. The van der Waals surface area contributed by atoms with Gasteiger partial charge in [-0.05, 0) is 36.8 Å². The van der Waals surface area contributed by atoms with Gasteiger partial charge in [0.1, 0.15) is 11.5 Å². The summed E-state index contributed by atoms with van der Waals surface area (Å²) >= 11 is 0. The number of oxazole rings is 1. The first-order chi connectivity index (χ1) is 11.2. The number of nitrogens with two attached hydrogens (primary N) is 1. The Labute approximate surface area is 134 Å². The van der Waals surface area contributed by atoms with Gasteiger partial charge in [0, 0.05) is 29.1 Å². The number of benzene rings is 1. The summed E-state index contributed by atoms with van der Waals surface area (Å²) in [5.41, 5.74) is 7.76. The number of allylic oxidation sites excluding steroid dienone is 3. The molecule has 1 atom stereocenters. The van der Waals surface area contributed by atoms with Crippen molar-refractivity contribution in [3.8, 4) is 0 Å². The van der Waals surface area contributed by atoms with Gasteiger partial charge in [0.15, 0.2) is 0 Å². The Bertz CT molecular complexity index is 777. The van der Waals surface area contributed by atoms with Crippen LogP contribution in [0.5, 0.6) is 0 Å². The van der Waals surface area contributed by atoms with Crippen molar-refractivity contribution >= 4 is 23.6 Å². The average molecular weight is 310 g/mol. The van der Waals surface area contributed by atoms with Gasteiger partial charge >= 0.3 is 0 Å². The van der Waals surface area contributed by atoms with E-state index in [9.17, 15) is 0 Å². The smallest absolute Gasteiger partial charge is 0.299 e. The van der Waals surface area contributed by atoms with Crippen LogP contribution in [0, 0.1) is 5.41 Å². The lowest BCUT2D eigenvalue weighted by Gasteiger charge is -2.12. The predicted octanol–water partition coefficient (Wildman–Crippen LogP) is 3.57. The van der Waals surface area contributed by atoms with E-state index in [0.717, 1.165) is 23.6 Å². The van der Waals surface area contributed by atoms with Gasteiger partial charge in [-0.1, -0.05) is 6.08 Å². The van der Waals surface area contributed by atoms with Gasteiger partial charge in [-0.15, -0.1) is 0 Å². The molecule has 3 rings (SSSR count). The molecule has 0 saturated heterocycles. The molecule has 23 heavy (non-hydrogen) atoms. The molecule has 0 radical (unpaired) electrons. The highest BCUT2D eigenvalue weighted by atomic mass is 16.5. The molecular formula is C17H18N4O2. The summed E-state index contributed by atoms with van der Waals surface area (Å²) in [7, 11) is 1.65. The third kappa shape index (κ3) is 3.26. The number of nitrogens with one attached hydrogen (secondary N) is 2. The van der Waals surface area contributed by atoms with E-state index in [-0.39, 0.29) is 5.92 Å². The zero-order valence-electron chi connectivity index (χ0n) is 12.7. The maximum atomic E-state index is 7.34. The fraction of sp³-hybridized carbons (Fsp3) is 0.176. The molecule has 118 valence electrons. The largest absolute Gasteiger partial charge is 0.497 e. The minimum atomic E-state index is 0.153. The van der Waals surface area contributed by atoms with Crippen LogP contribution < -0.4 is 11.1 Å². The lowest BCUT2D eigenvalue weighted by Crippen LogP contribution is -1.98. The highest BCUT2D eigenvalue weighted by molar-refractivity contribution is 5.86. The van der Waals surface area contributed by atoms with E-state index >= 15 is 0 Å². The normalized spacial score (nSPS) is 16.7. The van der Waals surface area contributed by atoms with Crippen molar-refractivity contribution in [3.63, 3.8) is 0 Å². The Morgan fingerprint density at radius 3 is 3.04 bits per heavy atom. The van der Waals surface area contributed by atoms with E-state index in [4.69, 9.17) is 20.3 Å². The average Bonchev–Trinajstić information content (AvgIpc) is 3.05. The standard InChI is InChI=1S/C17H18N4O2/c1-22-14-5-2-11(3-6-14)16-10-20-17(23-16)21-13-4-7-15(19)12(8-13)9-18/h2,4-11,18H,3,19H2,1H3,(H,20,21). The Morgan fingerprint density at radius 1 is 1.48 bits per heavy atom. The topological polar surface area (TPSA) is 97.2 Å². The first-order valence-corrected chi connectivity index (χ1v) is 7.24. The van der Waals surface area contributed by atoms with E-state index in [2.05, 4.69) is 10.3 Å². The van der Waals surface area contributed by atoms with Crippen molar-refractivity contribution in [3.05, 3.63) is 59.7 Å².